The molecule has 4 heteroatoms. The summed E-state index contributed by atoms with van der Waals surface area (Å²) in [6.45, 7) is 0. The molecule has 8 rings (SSSR count). The molecule has 0 saturated heterocycles. The minimum atomic E-state index is 0.0350. The lowest BCUT2D eigenvalue weighted by atomic mass is 9.90. The number of benzene rings is 6. The Morgan fingerprint density at radius 2 is 0.580 bits per heavy atom. The molecule has 6 aromatic rings. The lowest BCUT2D eigenvalue weighted by Crippen LogP contribution is -1.93. The van der Waals surface area contributed by atoms with Crippen molar-refractivity contribution in [3.05, 3.63) is 201 Å². The van der Waals surface area contributed by atoms with Gasteiger partial charge in [0.25, 0.3) is 0 Å². The van der Waals surface area contributed by atoms with E-state index in [1.54, 1.807) is 0 Å². The molecule has 0 bridgehead atoms. The van der Waals surface area contributed by atoms with Crippen LogP contribution in [-0.2, 0) is 0 Å². The van der Waals surface area contributed by atoms with E-state index in [1.807, 2.05) is 109 Å². The predicted molar refractivity (Wildman–Crippen MR) is 198 cm³/mol. The van der Waals surface area contributed by atoms with Gasteiger partial charge < -0.3 is 0 Å². The molecule has 2 aliphatic carbocycles. The van der Waals surface area contributed by atoms with Crippen LogP contribution in [-0.4, -0.2) is 0 Å². The van der Waals surface area contributed by atoms with Gasteiger partial charge in [-0.05, 0) is 90.7 Å². The Labute approximate surface area is 290 Å². The summed E-state index contributed by atoms with van der Waals surface area (Å²) in [4.78, 5) is 0. The molecule has 0 N–H and O–H groups in total. The first-order chi connectivity index (χ1) is 24.7. The van der Waals surface area contributed by atoms with Crippen LogP contribution in [0.2, 0.25) is 0 Å². The minimum absolute atomic E-state index is 0.0350. The number of hydrogen-bond donors (Lipinski definition) is 0. The van der Waals surface area contributed by atoms with E-state index in [4.69, 9.17) is 0 Å². The molecule has 0 fully saturated rings. The topological polar surface area (TPSA) is 95.2 Å². The highest BCUT2D eigenvalue weighted by Crippen LogP contribution is 2.54. The number of hydrogen-bond acceptors (Lipinski definition) is 4. The Morgan fingerprint density at radius 3 is 0.860 bits per heavy atom. The van der Waals surface area contributed by atoms with Gasteiger partial charge in [0, 0.05) is 22.3 Å². The minimum Gasteiger partial charge on any atom is -0.192 e. The zero-order chi connectivity index (χ0) is 34.2. The Bertz CT molecular complexity index is 2470. The second kappa shape index (κ2) is 12.3. The van der Waals surface area contributed by atoms with E-state index in [0.717, 1.165) is 77.6 Å². The lowest BCUT2D eigenvalue weighted by Gasteiger charge is -2.12. The molecule has 0 saturated carbocycles. The zero-order valence-corrected chi connectivity index (χ0v) is 26.6. The van der Waals surface area contributed by atoms with E-state index in [-0.39, 0.29) is 11.1 Å². The summed E-state index contributed by atoms with van der Waals surface area (Å²) in [5.41, 5.74) is 12.0. The molecule has 4 nitrogen and oxygen atoms in total. The maximum absolute atomic E-state index is 10.3. The fourth-order valence-corrected chi connectivity index (χ4v) is 7.35. The number of rotatable bonds is 4. The summed E-state index contributed by atoms with van der Waals surface area (Å²) in [5, 5.41) is 42.9. The number of nitriles is 4. The van der Waals surface area contributed by atoms with Crippen molar-refractivity contribution >= 4 is 44.2 Å². The van der Waals surface area contributed by atoms with E-state index in [1.165, 1.54) is 0 Å². The van der Waals surface area contributed by atoms with Crippen LogP contribution in [0.25, 0.3) is 44.2 Å². The SMILES string of the molecule is N#CC(C#N)=C1C(c2ccccc2)=C(c2ccccc2)c2cc3cc4c(cc3cc21)C(=C(C#N)C#N)C(c1ccccc1)=C4c1ccccc1. The molecule has 0 amide bonds. The Kier molecular flexibility index (Phi) is 7.33. The fourth-order valence-electron chi connectivity index (χ4n) is 7.35. The third-order valence-electron chi connectivity index (χ3n) is 9.39. The van der Waals surface area contributed by atoms with Crippen molar-refractivity contribution in [1.82, 2.24) is 0 Å². The van der Waals surface area contributed by atoms with Gasteiger partial charge in [0.15, 0.2) is 0 Å². The van der Waals surface area contributed by atoms with Gasteiger partial charge in [0.1, 0.15) is 35.4 Å². The van der Waals surface area contributed by atoms with Gasteiger partial charge in [-0.1, -0.05) is 121 Å². The summed E-state index contributed by atoms with van der Waals surface area (Å²) in [5.74, 6) is 0. The van der Waals surface area contributed by atoms with Gasteiger partial charge in [-0.25, -0.2) is 0 Å². The van der Waals surface area contributed by atoms with Gasteiger partial charge >= 0.3 is 0 Å². The molecular weight excluding hydrogens is 609 g/mol. The first kappa shape index (κ1) is 29.9. The van der Waals surface area contributed by atoms with Gasteiger partial charge in [0.05, 0.1) is 0 Å². The van der Waals surface area contributed by atoms with Crippen molar-refractivity contribution in [3.8, 4) is 24.3 Å². The standard InChI is InChI=1S/C46H24N4/c47-25-35(26-48)43-39-23-34-24-40-38(22-33(34)21-37(39)41(29-13-5-1-6-14-29)45(43)31-17-9-3-10-18-31)42(30-15-7-2-8-16-30)46(32-19-11-4-12-20-32)44(40)36(27-49)28-50/h1-24H. The molecule has 0 heterocycles. The molecule has 0 atom stereocenters. The number of fused-ring (bicyclic) bond motifs is 3. The first-order valence-corrected chi connectivity index (χ1v) is 16.1. The highest BCUT2D eigenvalue weighted by Gasteiger charge is 2.34. The van der Waals surface area contributed by atoms with Crippen molar-refractivity contribution in [2.45, 2.75) is 0 Å². The summed E-state index contributed by atoms with van der Waals surface area (Å²) in [6, 6.07) is 57.0. The molecule has 2 aliphatic rings. The van der Waals surface area contributed by atoms with Crippen LogP contribution >= 0.6 is 0 Å². The average Bonchev–Trinajstić information content (AvgIpc) is 3.68. The second-order valence-corrected chi connectivity index (χ2v) is 12.1. The van der Waals surface area contributed by atoms with Crippen LogP contribution in [0.15, 0.2) is 157 Å². The van der Waals surface area contributed by atoms with Crippen molar-refractivity contribution in [2.24, 2.45) is 0 Å². The van der Waals surface area contributed by atoms with E-state index in [2.05, 4.69) is 60.7 Å². The van der Waals surface area contributed by atoms with Crippen molar-refractivity contribution in [1.29, 1.82) is 21.0 Å². The second-order valence-electron chi connectivity index (χ2n) is 12.1. The van der Waals surface area contributed by atoms with Gasteiger partial charge in [-0.15, -0.1) is 0 Å². The van der Waals surface area contributed by atoms with E-state index in [9.17, 15) is 21.0 Å². The fraction of sp³-hybridized carbons (Fsp3) is 0. The van der Waals surface area contributed by atoms with Crippen LogP contribution in [0.1, 0.15) is 44.5 Å². The Morgan fingerprint density at radius 1 is 0.320 bits per heavy atom. The maximum atomic E-state index is 10.3. The lowest BCUT2D eigenvalue weighted by molar-refractivity contribution is 1.46. The van der Waals surface area contributed by atoms with Crippen LogP contribution in [0.5, 0.6) is 0 Å². The van der Waals surface area contributed by atoms with Crippen molar-refractivity contribution < 1.29 is 0 Å². The smallest absolute Gasteiger partial charge is 0.138 e. The van der Waals surface area contributed by atoms with Crippen LogP contribution in [0.4, 0.5) is 0 Å². The van der Waals surface area contributed by atoms with E-state index < -0.39 is 0 Å². The molecular formula is C46H24N4. The van der Waals surface area contributed by atoms with E-state index in [0.29, 0.717) is 11.1 Å². The van der Waals surface area contributed by atoms with Gasteiger partial charge in [0.2, 0.25) is 0 Å². The molecule has 0 aromatic heterocycles. The molecule has 6 aromatic carbocycles. The third kappa shape index (κ3) is 4.66. The summed E-state index contributed by atoms with van der Waals surface area (Å²) in [6.07, 6.45) is 0. The normalized spacial score (nSPS) is 12.9. The molecule has 0 spiro atoms. The quantitative estimate of drug-likeness (QED) is 0.181. The molecule has 0 radical (unpaired) electrons. The highest BCUT2D eigenvalue weighted by atomic mass is 14.4. The molecule has 0 aliphatic heterocycles. The maximum Gasteiger partial charge on any atom is 0.138 e. The largest absolute Gasteiger partial charge is 0.192 e. The third-order valence-corrected chi connectivity index (χ3v) is 9.39. The van der Waals surface area contributed by atoms with Gasteiger partial charge in [-0.3, -0.25) is 0 Å². The molecule has 0 unspecified atom stereocenters. The zero-order valence-electron chi connectivity index (χ0n) is 26.6. The first-order valence-electron chi connectivity index (χ1n) is 16.1. The van der Waals surface area contributed by atoms with Crippen LogP contribution in [0.3, 0.4) is 0 Å². The summed E-state index contributed by atoms with van der Waals surface area (Å²) < 4.78 is 0. The average molecular weight is 633 g/mol. The van der Waals surface area contributed by atoms with Crippen molar-refractivity contribution in [3.63, 3.8) is 0 Å². The Balaban J connectivity index is 1.50. The summed E-state index contributed by atoms with van der Waals surface area (Å²) >= 11 is 0. The Hall–Kier alpha value is -7.50. The van der Waals surface area contributed by atoms with Crippen molar-refractivity contribution in [2.75, 3.05) is 0 Å². The van der Waals surface area contributed by atoms with Gasteiger partial charge in [-0.2, -0.15) is 21.0 Å². The molecule has 228 valence electrons. The van der Waals surface area contributed by atoms with Crippen LogP contribution < -0.4 is 0 Å². The summed E-state index contributed by atoms with van der Waals surface area (Å²) in [7, 11) is 0. The van der Waals surface area contributed by atoms with E-state index >= 15 is 0 Å². The highest BCUT2D eigenvalue weighted by molar-refractivity contribution is 6.29. The molecule has 50 heavy (non-hydrogen) atoms. The van der Waals surface area contributed by atoms with Crippen LogP contribution in [0, 0.1) is 45.3 Å². The number of nitrogens with zero attached hydrogens (tertiary/aromatic N) is 4. The monoisotopic (exact) mass is 632 g/mol. The predicted octanol–water partition coefficient (Wildman–Crippen LogP) is 10.4. The number of allylic oxidation sites excluding steroid dienone is 6.